The zero-order valence-electron chi connectivity index (χ0n) is 18.4. The summed E-state index contributed by atoms with van der Waals surface area (Å²) >= 11 is 0. The van der Waals surface area contributed by atoms with E-state index in [0.29, 0.717) is 16.9 Å². The molecular weight excluding hydrogens is 447 g/mol. The summed E-state index contributed by atoms with van der Waals surface area (Å²) in [6.45, 7) is 2.79. The van der Waals surface area contributed by atoms with E-state index < -0.39 is 34.9 Å². The van der Waals surface area contributed by atoms with Crippen molar-refractivity contribution in [3.63, 3.8) is 0 Å². The Balaban J connectivity index is 1.88. The van der Waals surface area contributed by atoms with Crippen LogP contribution in [0, 0.1) is 41.1 Å². The number of nitrogens with one attached hydrogen (secondary N) is 1. The summed E-state index contributed by atoms with van der Waals surface area (Å²) in [5.41, 5.74) is 1.21. The molecule has 1 N–H and O–H groups in total. The van der Waals surface area contributed by atoms with Crippen molar-refractivity contribution in [1.29, 1.82) is 5.26 Å². The molecule has 0 aliphatic rings. The maximum atomic E-state index is 13.8. The summed E-state index contributed by atoms with van der Waals surface area (Å²) in [5.74, 6) is -2.09. The van der Waals surface area contributed by atoms with Crippen LogP contribution in [-0.2, 0) is 9.53 Å². The average molecular weight is 466 g/mol. The number of amides is 1. The molecular formula is C23H19FN4O6. The normalized spacial score (nSPS) is 10.3. The summed E-state index contributed by atoms with van der Waals surface area (Å²) < 4.78 is 25.2. The van der Waals surface area contributed by atoms with Gasteiger partial charge in [-0.3, -0.25) is 19.5 Å². The number of halogens is 1. The Morgan fingerprint density at radius 1 is 1.24 bits per heavy atom. The first-order valence-electron chi connectivity index (χ1n) is 9.85. The number of carbonyl (C=O) groups is 2. The number of anilines is 1. The first-order chi connectivity index (χ1) is 16.2. The van der Waals surface area contributed by atoms with E-state index in [1.807, 2.05) is 6.07 Å². The second-order valence-electron chi connectivity index (χ2n) is 7.13. The zero-order valence-corrected chi connectivity index (χ0v) is 18.4. The molecule has 0 saturated carbocycles. The van der Waals surface area contributed by atoms with Crippen LogP contribution in [0.4, 0.5) is 15.9 Å². The molecule has 11 heteroatoms. The Morgan fingerprint density at radius 2 is 1.97 bits per heavy atom. The third-order valence-corrected chi connectivity index (χ3v) is 5.09. The summed E-state index contributed by atoms with van der Waals surface area (Å²) in [4.78, 5) is 34.9. The second-order valence-corrected chi connectivity index (χ2v) is 7.13. The molecule has 1 aromatic heterocycles. The highest BCUT2D eigenvalue weighted by molar-refractivity contribution is 5.93. The van der Waals surface area contributed by atoms with Crippen LogP contribution >= 0.6 is 0 Å². The van der Waals surface area contributed by atoms with Gasteiger partial charge in [0.05, 0.1) is 28.8 Å². The van der Waals surface area contributed by atoms with Gasteiger partial charge in [0.15, 0.2) is 12.4 Å². The molecule has 2 aromatic carbocycles. The Labute approximate surface area is 193 Å². The highest BCUT2D eigenvalue weighted by Crippen LogP contribution is 2.31. The molecule has 0 aliphatic heterocycles. The van der Waals surface area contributed by atoms with Crippen LogP contribution in [0.5, 0.6) is 5.75 Å². The number of esters is 1. The van der Waals surface area contributed by atoms with Crippen molar-refractivity contribution in [1.82, 2.24) is 4.57 Å². The molecule has 1 heterocycles. The highest BCUT2D eigenvalue weighted by Gasteiger charge is 2.23. The molecule has 1 amide bonds. The third kappa shape index (κ3) is 4.71. The maximum absolute atomic E-state index is 13.8. The van der Waals surface area contributed by atoms with Crippen molar-refractivity contribution < 1.29 is 28.4 Å². The van der Waals surface area contributed by atoms with Crippen molar-refractivity contribution in [3.05, 3.63) is 80.8 Å². The van der Waals surface area contributed by atoms with Crippen molar-refractivity contribution in [2.45, 2.75) is 13.8 Å². The number of hydrogen-bond donors (Lipinski definition) is 1. The number of carbonyl (C=O) groups excluding carboxylic acids is 2. The first kappa shape index (κ1) is 23.9. The lowest BCUT2D eigenvalue weighted by Gasteiger charge is -2.14. The molecule has 0 radical (unpaired) electrons. The van der Waals surface area contributed by atoms with E-state index in [1.165, 1.54) is 34.9 Å². The number of methoxy groups -OCH3 is 1. The summed E-state index contributed by atoms with van der Waals surface area (Å²) in [6.07, 6.45) is 0. The number of nitro benzene ring substituents is 1. The average Bonchev–Trinajstić information content (AvgIpc) is 3.05. The molecule has 0 bridgehead atoms. The van der Waals surface area contributed by atoms with Gasteiger partial charge in [-0.05, 0) is 49.7 Å². The molecule has 0 unspecified atom stereocenters. The van der Waals surface area contributed by atoms with Crippen molar-refractivity contribution in [2.24, 2.45) is 0 Å². The lowest BCUT2D eigenvalue weighted by atomic mass is 10.2. The fourth-order valence-electron chi connectivity index (χ4n) is 3.34. The van der Waals surface area contributed by atoms with Crippen molar-refractivity contribution >= 4 is 23.4 Å². The molecule has 0 aliphatic carbocycles. The molecule has 0 saturated heterocycles. The fourth-order valence-corrected chi connectivity index (χ4v) is 3.34. The number of nitro groups is 1. The molecule has 0 atom stereocenters. The predicted molar refractivity (Wildman–Crippen MR) is 118 cm³/mol. The number of ether oxygens (including phenoxy) is 2. The van der Waals surface area contributed by atoms with E-state index in [0.717, 1.165) is 13.2 Å². The number of nitriles is 1. The van der Waals surface area contributed by atoms with Crippen LogP contribution in [0.1, 0.15) is 27.2 Å². The quantitative estimate of drug-likeness (QED) is 0.317. The molecule has 174 valence electrons. The Kier molecular flexibility index (Phi) is 6.92. The van der Waals surface area contributed by atoms with E-state index in [1.54, 1.807) is 19.9 Å². The number of hydrogen-bond acceptors (Lipinski definition) is 7. The number of nitrogens with zero attached hydrogens (tertiary/aromatic N) is 3. The number of benzene rings is 2. The van der Waals surface area contributed by atoms with Gasteiger partial charge in [0.2, 0.25) is 0 Å². The second kappa shape index (κ2) is 9.83. The largest absolute Gasteiger partial charge is 0.477 e. The third-order valence-electron chi connectivity index (χ3n) is 5.09. The maximum Gasteiger partial charge on any atom is 0.338 e. The fraction of sp³-hybridized carbons (Fsp3) is 0.174. The van der Waals surface area contributed by atoms with E-state index in [9.17, 15) is 29.4 Å². The van der Waals surface area contributed by atoms with Crippen LogP contribution in [0.3, 0.4) is 0 Å². The van der Waals surface area contributed by atoms with Crippen LogP contribution in [0.2, 0.25) is 0 Å². The topological polar surface area (TPSA) is 136 Å². The van der Waals surface area contributed by atoms with Crippen LogP contribution in [-0.4, -0.2) is 35.1 Å². The number of aromatic nitrogens is 1. The van der Waals surface area contributed by atoms with Gasteiger partial charge in [0.25, 0.3) is 5.91 Å². The summed E-state index contributed by atoms with van der Waals surface area (Å²) in [5, 5.41) is 23.6. The van der Waals surface area contributed by atoms with Crippen molar-refractivity contribution in [2.75, 3.05) is 19.0 Å². The molecule has 0 fully saturated rings. The highest BCUT2D eigenvalue weighted by atomic mass is 19.1. The lowest BCUT2D eigenvalue weighted by Crippen LogP contribution is -2.22. The summed E-state index contributed by atoms with van der Waals surface area (Å²) in [6, 6.07) is 11.1. The van der Waals surface area contributed by atoms with E-state index >= 15 is 0 Å². The number of rotatable bonds is 7. The Hall–Kier alpha value is -4.72. The summed E-state index contributed by atoms with van der Waals surface area (Å²) in [7, 11) is 1.14. The minimum atomic E-state index is -0.764. The van der Waals surface area contributed by atoms with Gasteiger partial charge < -0.3 is 14.8 Å². The minimum Gasteiger partial charge on any atom is -0.477 e. The lowest BCUT2D eigenvalue weighted by molar-refractivity contribution is -0.385. The van der Waals surface area contributed by atoms with Gasteiger partial charge in [-0.15, -0.1) is 0 Å². The van der Waals surface area contributed by atoms with E-state index in [4.69, 9.17) is 4.74 Å². The molecule has 3 aromatic rings. The molecule has 10 nitrogen and oxygen atoms in total. The first-order valence-corrected chi connectivity index (χ1v) is 9.85. The van der Waals surface area contributed by atoms with Gasteiger partial charge in [-0.25, -0.2) is 9.18 Å². The van der Waals surface area contributed by atoms with Crippen LogP contribution in [0.15, 0.2) is 42.5 Å². The van der Waals surface area contributed by atoms with Gasteiger partial charge >= 0.3 is 11.7 Å². The predicted octanol–water partition coefficient (Wildman–Crippen LogP) is 3.82. The van der Waals surface area contributed by atoms with E-state index in [2.05, 4.69) is 10.1 Å². The SMILES string of the molecule is COC(=O)c1ccc(OCC(=O)Nc2c(C#N)c(C)c(C)n2-c2cccc(F)c2)c([N+](=O)[O-])c1. The van der Waals surface area contributed by atoms with Gasteiger partial charge in [-0.2, -0.15) is 5.26 Å². The van der Waals surface area contributed by atoms with Gasteiger partial charge in [0, 0.05) is 11.8 Å². The smallest absolute Gasteiger partial charge is 0.338 e. The van der Waals surface area contributed by atoms with Gasteiger partial charge in [-0.1, -0.05) is 6.07 Å². The van der Waals surface area contributed by atoms with Crippen LogP contribution < -0.4 is 10.1 Å². The molecule has 0 spiro atoms. The molecule has 3 rings (SSSR count). The monoisotopic (exact) mass is 466 g/mol. The standard InChI is InChI=1S/C23H19FN4O6/c1-13-14(2)27(17-6-4-5-16(24)10-17)22(18(13)11-25)26-21(29)12-34-20-8-7-15(23(30)33-3)9-19(20)28(31)32/h4-10H,12H2,1-3H3,(H,26,29). The van der Waals surface area contributed by atoms with Gasteiger partial charge in [0.1, 0.15) is 17.7 Å². The zero-order chi connectivity index (χ0) is 25.0. The van der Waals surface area contributed by atoms with E-state index in [-0.39, 0.29) is 22.7 Å². The van der Waals surface area contributed by atoms with Crippen LogP contribution in [0.25, 0.3) is 5.69 Å². The molecule has 34 heavy (non-hydrogen) atoms. The Morgan fingerprint density at radius 3 is 2.59 bits per heavy atom. The minimum absolute atomic E-state index is 0.0523. The Bertz CT molecular complexity index is 1340. The van der Waals surface area contributed by atoms with Crippen molar-refractivity contribution in [3.8, 4) is 17.5 Å².